The Balaban J connectivity index is 2.44. The lowest BCUT2D eigenvalue weighted by atomic mass is 10.2. The molecule has 0 bridgehead atoms. The van der Waals surface area contributed by atoms with Crippen LogP contribution in [0.25, 0.3) is 0 Å². The number of benzene rings is 1. The highest BCUT2D eigenvalue weighted by Crippen LogP contribution is 2.05. The zero-order valence-corrected chi connectivity index (χ0v) is 9.00. The summed E-state index contributed by atoms with van der Waals surface area (Å²) in [7, 11) is 0. The van der Waals surface area contributed by atoms with Gasteiger partial charge >= 0.3 is 0 Å². The molecule has 0 saturated carbocycles. The maximum absolute atomic E-state index is 5.53. The molecule has 0 aromatic heterocycles. The van der Waals surface area contributed by atoms with E-state index in [0.29, 0.717) is 6.61 Å². The van der Waals surface area contributed by atoms with Gasteiger partial charge in [-0.25, -0.2) is 0 Å². The first-order valence-electron chi connectivity index (χ1n) is 4.82. The summed E-state index contributed by atoms with van der Waals surface area (Å²) in [6.07, 6.45) is 0.0151. The van der Waals surface area contributed by atoms with Crippen LogP contribution in [0.4, 0.5) is 0 Å². The highest BCUT2D eigenvalue weighted by molar-refractivity contribution is 5.20. The van der Waals surface area contributed by atoms with Crippen molar-refractivity contribution in [2.45, 2.75) is 33.5 Å². The van der Waals surface area contributed by atoms with E-state index in [1.54, 1.807) is 0 Å². The van der Waals surface area contributed by atoms with E-state index < -0.39 is 0 Å². The molecule has 0 saturated heterocycles. The molecule has 0 aliphatic rings. The molecule has 0 amide bonds. The number of ether oxygens (including phenoxy) is 1. The summed E-state index contributed by atoms with van der Waals surface area (Å²) in [6.45, 7) is 6.50. The fourth-order valence-corrected chi connectivity index (χ4v) is 1.15. The topological polar surface area (TPSA) is 9.23 Å². The first kappa shape index (κ1) is 10.8. The van der Waals surface area contributed by atoms with Gasteiger partial charge in [0.15, 0.2) is 0 Å². The average molecular weight is 188 g/mol. The van der Waals surface area contributed by atoms with Crippen LogP contribution >= 0.6 is 0 Å². The van der Waals surface area contributed by atoms with Crippen molar-refractivity contribution in [1.82, 2.24) is 0 Å². The molecule has 74 valence electrons. The number of hydrogen-bond donors (Lipinski definition) is 0. The van der Waals surface area contributed by atoms with Crippen LogP contribution in [0.5, 0.6) is 0 Å². The van der Waals surface area contributed by atoms with E-state index in [4.69, 9.17) is 4.74 Å². The van der Waals surface area contributed by atoms with E-state index in [1.807, 2.05) is 13.8 Å². The third-order valence-corrected chi connectivity index (χ3v) is 1.97. The Bertz CT molecular complexity index is 326. The molecule has 1 unspecified atom stereocenters. The second-order valence-electron chi connectivity index (χ2n) is 3.33. The molecule has 0 aliphatic heterocycles. The summed E-state index contributed by atoms with van der Waals surface area (Å²) < 4.78 is 5.53. The minimum absolute atomic E-state index is 0.0151. The molecule has 1 aromatic rings. The zero-order chi connectivity index (χ0) is 10.4. The van der Waals surface area contributed by atoms with Gasteiger partial charge in [-0.2, -0.15) is 0 Å². The summed E-state index contributed by atoms with van der Waals surface area (Å²) in [5, 5.41) is 0. The van der Waals surface area contributed by atoms with Gasteiger partial charge in [0.25, 0.3) is 0 Å². The van der Waals surface area contributed by atoms with E-state index in [2.05, 4.69) is 43.0 Å². The van der Waals surface area contributed by atoms with Gasteiger partial charge in [0.2, 0.25) is 0 Å². The molecule has 0 heterocycles. The monoisotopic (exact) mass is 188 g/mol. The number of rotatable bonds is 3. The lowest BCUT2D eigenvalue weighted by molar-refractivity contribution is 0.0900. The predicted molar refractivity (Wildman–Crippen MR) is 58.9 cm³/mol. The minimum Gasteiger partial charge on any atom is -0.361 e. The Morgan fingerprint density at radius 2 is 1.93 bits per heavy atom. The Hall–Kier alpha value is -1.26. The molecular formula is C13H16O. The van der Waals surface area contributed by atoms with Crippen LogP contribution in [0.15, 0.2) is 24.3 Å². The summed E-state index contributed by atoms with van der Waals surface area (Å²) in [5.41, 5.74) is 2.47. The van der Waals surface area contributed by atoms with Gasteiger partial charge in [-0.05, 0) is 26.3 Å². The molecule has 0 aliphatic carbocycles. The van der Waals surface area contributed by atoms with Crippen LogP contribution in [0.1, 0.15) is 25.0 Å². The van der Waals surface area contributed by atoms with E-state index in [9.17, 15) is 0 Å². The van der Waals surface area contributed by atoms with Gasteiger partial charge in [-0.3, -0.25) is 0 Å². The standard InChI is InChI=1S/C13H16O/c1-4-5-12(3)14-10-13-8-6-11(2)7-9-13/h6-9,12H,10H2,1-3H3. The first-order chi connectivity index (χ1) is 6.72. The third-order valence-electron chi connectivity index (χ3n) is 1.97. The van der Waals surface area contributed by atoms with Crippen LogP contribution < -0.4 is 0 Å². The van der Waals surface area contributed by atoms with E-state index in [0.717, 1.165) is 0 Å². The summed E-state index contributed by atoms with van der Waals surface area (Å²) in [5.74, 6) is 5.79. The molecule has 0 spiro atoms. The Morgan fingerprint density at radius 3 is 2.50 bits per heavy atom. The maximum Gasteiger partial charge on any atom is 0.115 e. The minimum atomic E-state index is 0.0151. The molecule has 1 aromatic carbocycles. The largest absolute Gasteiger partial charge is 0.361 e. The number of hydrogen-bond acceptors (Lipinski definition) is 1. The van der Waals surface area contributed by atoms with Crippen LogP contribution in [0.2, 0.25) is 0 Å². The first-order valence-corrected chi connectivity index (χ1v) is 4.82. The highest BCUT2D eigenvalue weighted by Gasteiger charge is 1.97. The smallest absolute Gasteiger partial charge is 0.115 e. The quantitative estimate of drug-likeness (QED) is 0.663. The van der Waals surface area contributed by atoms with Crippen LogP contribution in [0, 0.1) is 18.8 Å². The van der Waals surface area contributed by atoms with Crippen molar-refractivity contribution in [3.63, 3.8) is 0 Å². The van der Waals surface area contributed by atoms with Gasteiger partial charge < -0.3 is 4.74 Å². The van der Waals surface area contributed by atoms with E-state index in [-0.39, 0.29) is 6.10 Å². The molecule has 0 fully saturated rings. The Kier molecular flexibility index (Phi) is 4.22. The van der Waals surface area contributed by atoms with Gasteiger partial charge in [-0.1, -0.05) is 35.7 Å². The second-order valence-corrected chi connectivity index (χ2v) is 3.33. The van der Waals surface area contributed by atoms with Crippen molar-refractivity contribution < 1.29 is 4.74 Å². The molecule has 14 heavy (non-hydrogen) atoms. The molecule has 1 rings (SSSR count). The number of aryl methyl sites for hydroxylation is 1. The molecule has 0 N–H and O–H groups in total. The van der Waals surface area contributed by atoms with Crippen LogP contribution in [-0.2, 0) is 11.3 Å². The molecule has 1 nitrogen and oxygen atoms in total. The van der Waals surface area contributed by atoms with Crippen molar-refractivity contribution in [3.8, 4) is 11.8 Å². The maximum atomic E-state index is 5.53. The lowest BCUT2D eigenvalue weighted by Gasteiger charge is -2.06. The van der Waals surface area contributed by atoms with Crippen LogP contribution in [0.3, 0.4) is 0 Å². The van der Waals surface area contributed by atoms with E-state index in [1.165, 1.54) is 11.1 Å². The molecule has 1 atom stereocenters. The van der Waals surface area contributed by atoms with Crippen molar-refractivity contribution in [2.75, 3.05) is 0 Å². The predicted octanol–water partition coefficient (Wildman–Crippen LogP) is 2.92. The summed E-state index contributed by atoms with van der Waals surface area (Å²) in [4.78, 5) is 0. The summed E-state index contributed by atoms with van der Waals surface area (Å²) in [6, 6.07) is 8.35. The Morgan fingerprint density at radius 1 is 1.29 bits per heavy atom. The van der Waals surface area contributed by atoms with Crippen molar-refractivity contribution >= 4 is 0 Å². The van der Waals surface area contributed by atoms with Gasteiger partial charge in [-0.15, -0.1) is 5.92 Å². The van der Waals surface area contributed by atoms with Crippen molar-refractivity contribution in [1.29, 1.82) is 0 Å². The SMILES string of the molecule is CC#CC(C)OCc1ccc(C)cc1. The van der Waals surface area contributed by atoms with Crippen molar-refractivity contribution in [3.05, 3.63) is 35.4 Å². The van der Waals surface area contributed by atoms with Gasteiger partial charge in [0, 0.05) is 0 Å². The third kappa shape index (κ3) is 3.64. The normalized spacial score (nSPS) is 11.6. The zero-order valence-electron chi connectivity index (χ0n) is 9.00. The average Bonchev–Trinajstić information content (AvgIpc) is 2.17. The molecular weight excluding hydrogens is 172 g/mol. The fraction of sp³-hybridized carbons (Fsp3) is 0.385. The molecule has 1 heteroatoms. The van der Waals surface area contributed by atoms with Crippen LogP contribution in [-0.4, -0.2) is 6.10 Å². The second kappa shape index (κ2) is 5.47. The van der Waals surface area contributed by atoms with Crippen molar-refractivity contribution in [2.24, 2.45) is 0 Å². The lowest BCUT2D eigenvalue weighted by Crippen LogP contribution is -2.04. The van der Waals surface area contributed by atoms with E-state index >= 15 is 0 Å². The summed E-state index contributed by atoms with van der Waals surface area (Å²) >= 11 is 0. The molecule has 0 radical (unpaired) electrons. The highest BCUT2D eigenvalue weighted by atomic mass is 16.5. The Labute approximate surface area is 86.1 Å². The van der Waals surface area contributed by atoms with Gasteiger partial charge in [0.05, 0.1) is 6.61 Å². The van der Waals surface area contributed by atoms with Gasteiger partial charge in [0.1, 0.15) is 6.10 Å². The fourth-order valence-electron chi connectivity index (χ4n) is 1.15.